The number of fused-ring (bicyclic) bond motifs is 2. The predicted octanol–water partition coefficient (Wildman–Crippen LogP) is 2.92. The molecule has 1 fully saturated rings. The summed E-state index contributed by atoms with van der Waals surface area (Å²) in [5.41, 5.74) is 1.64. The average molecular weight is 477 g/mol. The molecule has 11 heteroatoms. The van der Waals surface area contributed by atoms with Crippen molar-refractivity contribution in [1.29, 1.82) is 0 Å². The molecule has 178 valence electrons. The van der Waals surface area contributed by atoms with Gasteiger partial charge < -0.3 is 14.8 Å². The molecule has 35 heavy (non-hydrogen) atoms. The van der Waals surface area contributed by atoms with Gasteiger partial charge in [0.2, 0.25) is 0 Å². The van der Waals surface area contributed by atoms with Crippen molar-refractivity contribution >= 4 is 22.7 Å². The van der Waals surface area contributed by atoms with Gasteiger partial charge in [-0.2, -0.15) is 5.10 Å². The molecule has 1 aliphatic carbocycles. The highest BCUT2D eigenvalue weighted by atomic mass is 19.2. The van der Waals surface area contributed by atoms with Crippen LogP contribution >= 0.6 is 0 Å². The molecule has 6 rings (SSSR count). The Morgan fingerprint density at radius 3 is 2.69 bits per heavy atom. The van der Waals surface area contributed by atoms with E-state index in [1.807, 2.05) is 0 Å². The highest BCUT2D eigenvalue weighted by Gasteiger charge is 2.53. The van der Waals surface area contributed by atoms with Gasteiger partial charge in [-0.05, 0) is 37.1 Å². The van der Waals surface area contributed by atoms with Gasteiger partial charge >= 0.3 is 0 Å². The van der Waals surface area contributed by atoms with Crippen LogP contribution in [-0.2, 0) is 18.5 Å². The first kappa shape index (κ1) is 21.4. The van der Waals surface area contributed by atoms with Crippen molar-refractivity contribution in [3.05, 3.63) is 76.8 Å². The van der Waals surface area contributed by atoms with Crippen molar-refractivity contribution in [1.82, 2.24) is 34.9 Å². The molecule has 0 atom stereocenters. The van der Waals surface area contributed by atoms with Gasteiger partial charge in [0, 0.05) is 54.6 Å². The number of nitrogens with one attached hydrogen (secondary N) is 2. The van der Waals surface area contributed by atoms with E-state index in [9.17, 15) is 18.4 Å². The van der Waals surface area contributed by atoms with Crippen LogP contribution < -0.4 is 0 Å². The van der Waals surface area contributed by atoms with Crippen LogP contribution in [-0.4, -0.2) is 60.4 Å². The van der Waals surface area contributed by atoms with Gasteiger partial charge in [-0.15, -0.1) is 0 Å². The Morgan fingerprint density at radius 2 is 1.94 bits per heavy atom. The molecule has 0 unspecified atom stereocenters. The number of aromatic amines is 2. The number of rotatable bonds is 4. The number of nitrogens with zero attached hydrogens (tertiary/aromatic N) is 5. The van der Waals surface area contributed by atoms with Crippen molar-refractivity contribution in [2.75, 3.05) is 13.6 Å². The summed E-state index contributed by atoms with van der Waals surface area (Å²) in [5, 5.41) is 7.24. The second-order valence-corrected chi connectivity index (χ2v) is 8.98. The Kier molecular flexibility index (Phi) is 4.70. The number of aromatic nitrogens is 5. The SMILES string of the molecule is CN(C(=O)c1n[nH]c2c1CN(C(=O)c1cc3c(F)c(F)ccc3[nH]1)CC2)C1(c2ncccn2)CC1. The van der Waals surface area contributed by atoms with E-state index < -0.39 is 17.2 Å². The van der Waals surface area contributed by atoms with Crippen molar-refractivity contribution in [3.8, 4) is 0 Å². The minimum atomic E-state index is -0.999. The molecule has 4 heterocycles. The van der Waals surface area contributed by atoms with E-state index in [-0.39, 0.29) is 35.1 Å². The highest BCUT2D eigenvalue weighted by Crippen LogP contribution is 2.49. The van der Waals surface area contributed by atoms with E-state index in [2.05, 4.69) is 25.1 Å². The Labute approximate surface area is 198 Å². The van der Waals surface area contributed by atoms with Gasteiger partial charge in [0.05, 0.1) is 6.54 Å². The summed E-state index contributed by atoms with van der Waals surface area (Å²) in [4.78, 5) is 41.4. The van der Waals surface area contributed by atoms with E-state index >= 15 is 0 Å². The summed E-state index contributed by atoms with van der Waals surface area (Å²) in [7, 11) is 1.72. The van der Waals surface area contributed by atoms with E-state index in [1.165, 1.54) is 12.1 Å². The number of benzene rings is 1. The number of H-pyrrole nitrogens is 2. The molecule has 1 saturated carbocycles. The third-order valence-electron chi connectivity index (χ3n) is 7.00. The lowest BCUT2D eigenvalue weighted by Crippen LogP contribution is -2.40. The van der Waals surface area contributed by atoms with Crippen LogP contribution in [0.2, 0.25) is 0 Å². The zero-order valence-corrected chi connectivity index (χ0v) is 18.8. The normalized spacial score (nSPS) is 16.3. The number of carbonyl (C=O) groups excluding carboxylic acids is 2. The summed E-state index contributed by atoms with van der Waals surface area (Å²) >= 11 is 0. The lowest BCUT2D eigenvalue weighted by atomic mass is 10.0. The second-order valence-electron chi connectivity index (χ2n) is 8.98. The molecular formula is C24H21F2N7O2. The molecule has 1 aliphatic heterocycles. The van der Waals surface area contributed by atoms with Crippen molar-refractivity contribution in [2.45, 2.75) is 31.3 Å². The number of halogens is 2. The topological polar surface area (TPSA) is 111 Å². The fraction of sp³-hybridized carbons (Fsp3) is 0.292. The average Bonchev–Trinajstić information content (AvgIpc) is 3.40. The number of carbonyl (C=O) groups is 2. The third kappa shape index (κ3) is 3.29. The first-order valence-corrected chi connectivity index (χ1v) is 11.3. The minimum absolute atomic E-state index is 0.0183. The van der Waals surface area contributed by atoms with Gasteiger partial charge in [-0.3, -0.25) is 14.7 Å². The quantitative estimate of drug-likeness (QED) is 0.470. The molecule has 9 nitrogen and oxygen atoms in total. The molecule has 4 aromatic rings. The number of hydrogen-bond donors (Lipinski definition) is 2. The van der Waals surface area contributed by atoms with Crippen LogP contribution in [0.3, 0.4) is 0 Å². The Bertz CT molecular complexity index is 1480. The van der Waals surface area contributed by atoms with E-state index in [4.69, 9.17) is 0 Å². The summed E-state index contributed by atoms with van der Waals surface area (Å²) in [6, 6.07) is 5.46. The molecule has 2 N–H and O–H groups in total. The van der Waals surface area contributed by atoms with Crippen LogP contribution in [0, 0.1) is 11.6 Å². The van der Waals surface area contributed by atoms with Crippen LogP contribution in [0.4, 0.5) is 8.78 Å². The maximum absolute atomic E-state index is 14.1. The van der Waals surface area contributed by atoms with E-state index in [1.54, 1.807) is 35.3 Å². The summed E-state index contributed by atoms with van der Waals surface area (Å²) < 4.78 is 27.7. The zero-order valence-electron chi connectivity index (χ0n) is 18.8. The van der Waals surface area contributed by atoms with E-state index in [0.717, 1.165) is 24.6 Å². The van der Waals surface area contributed by atoms with Gasteiger partial charge in [0.25, 0.3) is 11.8 Å². The van der Waals surface area contributed by atoms with Crippen LogP contribution in [0.5, 0.6) is 0 Å². The lowest BCUT2D eigenvalue weighted by molar-refractivity contribution is 0.0674. The Morgan fingerprint density at radius 1 is 1.17 bits per heavy atom. The van der Waals surface area contributed by atoms with Gasteiger partial charge in [0.15, 0.2) is 23.2 Å². The van der Waals surface area contributed by atoms with Gasteiger partial charge in [0.1, 0.15) is 11.2 Å². The Hall–Kier alpha value is -4.15. The van der Waals surface area contributed by atoms with E-state index in [0.29, 0.717) is 29.9 Å². The molecule has 1 aromatic carbocycles. The predicted molar refractivity (Wildman–Crippen MR) is 120 cm³/mol. The van der Waals surface area contributed by atoms with Crippen molar-refractivity contribution in [2.24, 2.45) is 0 Å². The third-order valence-corrected chi connectivity index (χ3v) is 7.00. The second kappa shape index (κ2) is 7.69. The zero-order chi connectivity index (χ0) is 24.3. The van der Waals surface area contributed by atoms with Crippen molar-refractivity contribution in [3.63, 3.8) is 0 Å². The lowest BCUT2D eigenvalue weighted by Gasteiger charge is -2.29. The molecule has 2 aliphatic rings. The standard InChI is InChI=1S/C24H21F2N7O2/c1-32(24(6-7-24)23-27-8-2-9-28-23)22(35)20-14-12-33(10-5-17(14)30-31-20)21(34)18-11-13-16(29-18)4-3-15(25)19(13)26/h2-4,8-9,11,29H,5-7,10,12H2,1H3,(H,30,31). The summed E-state index contributed by atoms with van der Waals surface area (Å²) in [6.45, 7) is 0.562. The summed E-state index contributed by atoms with van der Waals surface area (Å²) in [6.07, 6.45) is 5.32. The first-order chi connectivity index (χ1) is 16.9. The van der Waals surface area contributed by atoms with Crippen molar-refractivity contribution < 1.29 is 18.4 Å². The molecule has 0 radical (unpaired) electrons. The maximum Gasteiger partial charge on any atom is 0.275 e. The van der Waals surface area contributed by atoms with Crippen LogP contribution in [0.15, 0.2) is 36.7 Å². The Balaban J connectivity index is 1.26. The smallest absolute Gasteiger partial charge is 0.275 e. The fourth-order valence-corrected chi connectivity index (χ4v) is 4.79. The van der Waals surface area contributed by atoms with Crippen LogP contribution in [0.1, 0.15) is 50.9 Å². The number of amides is 2. The monoisotopic (exact) mass is 477 g/mol. The molecule has 3 aromatic heterocycles. The molecule has 0 bridgehead atoms. The minimum Gasteiger partial charge on any atom is -0.350 e. The van der Waals surface area contributed by atoms with Crippen LogP contribution in [0.25, 0.3) is 10.9 Å². The first-order valence-electron chi connectivity index (χ1n) is 11.3. The molecule has 0 saturated heterocycles. The molecule has 2 amide bonds. The molecular weight excluding hydrogens is 456 g/mol. The fourth-order valence-electron chi connectivity index (χ4n) is 4.79. The summed E-state index contributed by atoms with van der Waals surface area (Å²) in [5.74, 6) is -2.01. The highest BCUT2D eigenvalue weighted by molar-refractivity contribution is 5.99. The largest absolute Gasteiger partial charge is 0.350 e. The molecule has 0 spiro atoms. The number of hydrogen-bond acceptors (Lipinski definition) is 5. The maximum atomic E-state index is 14.1. The van der Waals surface area contributed by atoms with Gasteiger partial charge in [-0.1, -0.05) is 0 Å². The van der Waals surface area contributed by atoms with Gasteiger partial charge in [-0.25, -0.2) is 18.7 Å².